The Morgan fingerprint density at radius 1 is 1.24 bits per heavy atom. The number of carbonyl (C=O) groups excluding carboxylic acids is 2. The summed E-state index contributed by atoms with van der Waals surface area (Å²) in [4.78, 5) is 36.0. The van der Waals surface area contributed by atoms with E-state index in [0.717, 1.165) is 29.5 Å². The summed E-state index contributed by atoms with van der Waals surface area (Å²) in [6.45, 7) is -0.153. The van der Waals surface area contributed by atoms with Crippen molar-refractivity contribution >= 4 is 46.1 Å². The smallest absolute Gasteiger partial charge is 0.252 e. The van der Waals surface area contributed by atoms with Gasteiger partial charge in [-0.1, -0.05) is 17.7 Å². The number of aromatic nitrogens is 2. The van der Waals surface area contributed by atoms with E-state index in [1.54, 1.807) is 18.5 Å². The Morgan fingerprint density at radius 2 is 2.09 bits per heavy atom. The summed E-state index contributed by atoms with van der Waals surface area (Å²) < 4.78 is 0. The summed E-state index contributed by atoms with van der Waals surface area (Å²) in [5.74, 6) is 0.459. The highest BCUT2D eigenvalue weighted by Crippen LogP contribution is 2.53. The number of hydrogen-bond acceptors (Lipinski definition) is 6. The van der Waals surface area contributed by atoms with Crippen LogP contribution < -0.4 is 5.32 Å². The maximum atomic E-state index is 13.0. The van der Waals surface area contributed by atoms with Crippen molar-refractivity contribution in [3.8, 4) is 6.07 Å². The number of nitriles is 1. The second kappa shape index (κ2) is 8.65. The molecule has 1 aliphatic carbocycles. The van der Waals surface area contributed by atoms with Crippen molar-refractivity contribution in [2.45, 2.75) is 24.3 Å². The predicted octanol–water partition coefficient (Wildman–Crippen LogP) is 3.52. The Morgan fingerprint density at radius 3 is 2.82 bits per heavy atom. The molecule has 1 unspecified atom stereocenters. The Bertz CT molecular complexity index is 1290. The van der Waals surface area contributed by atoms with E-state index < -0.39 is 6.04 Å². The zero-order valence-corrected chi connectivity index (χ0v) is 19.2. The highest BCUT2D eigenvalue weighted by Gasteiger charge is 2.47. The molecular weight excluding hydrogens is 458 g/mol. The van der Waals surface area contributed by atoms with Crippen LogP contribution >= 0.6 is 23.4 Å². The number of nitrogens with one attached hydrogen (secondary N) is 1. The molecule has 166 valence electrons. The zero-order chi connectivity index (χ0) is 23.0. The van der Waals surface area contributed by atoms with Gasteiger partial charge >= 0.3 is 0 Å². The average molecular weight is 478 g/mol. The maximum absolute atomic E-state index is 13.0. The van der Waals surface area contributed by atoms with Crippen molar-refractivity contribution in [3.05, 3.63) is 70.6 Å². The van der Waals surface area contributed by atoms with E-state index in [4.69, 9.17) is 11.6 Å². The molecule has 7 nitrogen and oxygen atoms in total. The fraction of sp³-hybridized carbons (Fsp3) is 0.292. The fourth-order valence-electron chi connectivity index (χ4n) is 4.27. The van der Waals surface area contributed by atoms with Crippen molar-refractivity contribution in [1.82, 2.24) is 20.2 Å². The molecule has 2 aliphatic rings. The third-order valence-electron chi connectivity index (χ3n) is 6.26. The molecular formula is C24H20ClN5O2S. The summed E-state index contributed by atoms with van der Waals surface area (Å²) in [7, 11) is 0. The Hall–Kier alpha value is -3.15. The van der Waals surface area contributed by atoms with E-state index in [2.05, 4.69) is 21.4 Å². The molecule has 1 aromatic carbocycles. The van der Waals surface area contributed by atoms with E-state index in [1.165, 1.54) is 16.7 Å². The second-order valence-electron chi connectivity index (χ2n) is 8.23. The number of benzene rings is 1. The van der Waals surface area contributed by atoms with Gasteiger partial charge in [-0.05, 0) is 48.7 Å². The van der Waals surface area contributed by atoms with Gasteiger partial charge in [0, 0.05) is 28.9 Å². The van der Waals surface area contributed by atoms with Crippen molar-refractivity contribution in [2.75, 3.05) is 18.2 Å². The number of halogens is 1. The normalized spacial score (nSPS) is 18.7. The standard InChI is InChI=1S/C24H20ClN5O2S/c25-16-2-4-21(28-11-16)24(6-7-24)15-1-3-20-19(9-15)18(5-8-27-20)23(32)29-12-22(31)30-14-33-13-17(30)10-26/h1-5,8-9,11,17H,6-7,12-14H2,(H,29,32). The molecule has 33 heavy (non-hydrogen) atoms. The highest BCUT2D eigenvalue weighted by molar-refractivity contribution is 7.99. The van der Waals surface area contributed by atoms with Gasteiger partial charge in [0.05, 0.1) is 40.3 Å². The van der Waals surface area contributed by atoms with Gasteiger partial charge in [-0.3, -0.25) is 19.6 Å². The van der Waals surface area contributed by atoms with Crippen molar-refractivity contribution < 1.29 is 9.59 Å². The molecule has 3 aromatic rings. The molecule has 2 amide bonds. The molecule has 2 fully saturated rings. The number of thioether (sulfide) groups is 1. The van der Waals surface area contributed by atoms with Crippen LogP contribution in [0.4, 0.5) is 0 Å². The monoisotopic (exact) mass is 477 g/mol. The van der Waals surface area contributed by atoms with E-state index in [0.29, 0.717) is 27.7 Å². The quantitative estimate of drug-likeness (QED) is 0.603. The number of pyridine rings is 2. The van der Waals surface area contributed by atoms with Gasteiger partial charge in [0.15, 0.2) is 0 Å². The van der Waals surface area contributed by atoms with Crippen LogP contribution in [0.25, 0.3) is 10.9 Å². The van der Waals surface area contributed by atoms with Gasteiger partial charge in [-0.2, -0.15) is 5.26 Å². The minimum absolute atomic E-state index is 0.153. The van der Waals surface area contributed by atoms with Crippen LogP contribution in [0.15, 0.2) is 48.8 Å². The summed E-state index contributed by atoms with van der Waals surface area (Å²) in [5.41, 5.74) is 3.02. The molecule has 0 bridgehead atoms. The van der Waals surface area contributed by atoms with Crippen LogP contribution in [0, 0.1) is 11.3 Å². The highest BCUT2D eigenvalue weighted by atomic mass is 35.5. The largest absolute Gasteiger partial charge is 0.343 e. The van der Waals surface area contributed by atoms with Crippen molar-refractivity contribution in [1.29, 1.82) is 5.26 Å². The Kier molecular flexibility index (Phi) is 5.69. The van der Waals surface area contributed by atoms with Gasteiger partial charge in [0.2, 0.25) is 5.91 Å². The SMILES string of the molecule is N#CC1CSCN1C(=O)CNC(=O)c1ccnc2ccc(C3(c4ccc(Cl)cn4)CC3)cc12. The third-order valence-corrected chi connectivity index (χ3v) is 7.49. The molecule has 0 spiro atoms. The van der Waals surface area contributed by atoms with Crippen LogP contribution in [0.5, 0.6) is 0 Å². The molecule has 2 aromatic heterocycles. The van der Waals surface area contributed by atoms with Crippen LogP contribution in [0.2, 0.25) is 5.02 Å². The van der Waals surface area contributed by atoms with Gasteiger partial charge in [0.1, 0.15) is 6.04 Å². The molecule has 1 saturated carbocycles. The first-order valence-electron chi connectivity index (χ1n) is 10.6. The number of hydrogen-bond donors (Lipinski definition) is 1. The first-order chi connectivity index (χ1) is 16.0. The lowest BCUT2D eigenvalue weighted by molar-refractivity contribution is -0.129. The summed E-state index contributed by atoms with van der Waals surface area (Å²) in [5, 5.41) is 13.2. The van der Waals surface area contributed by atoms with Crippen molar-refractivity contribution in [2.24, 2.45) is 0 Å². The number of fused-ring (bicyclic) bond motifs is 1. The molecule has 5 rings (SSSR count). The van der Waals surface area contributed by atoms with Gasteiger partial charge < -0.3 is 10.2 Å². The van der Waals surface area contributed by atoms with Crippen LogP contribution in [-0.4, -0.2) is 50.9 Å². The van der Waals surface area contributed by atoms with Crippen LogP contribution in [0.1, 0.15) is 34.5 Å². The van der Waals surface area contributed by atoms with Gasteiger partial charge in [0.25, 0.3) is 5.91 Å². The maximum Gasteiger partial charge on any atom is 0.252 e. The molecule has 3 heterocycles. The third kappa shape index (κ3) is 4.03. The predicted molar refractivity (Wildman–Crippen MR) is 127 cm³/mol. The first-order valence-corrected chi connectivity index (χ1v) is 12.1. The van der Waals surface area contributed by atoms with Gasteiger partial charge in [-0.15, -0.1) is 11.8 Å². The number of amides is 2. The zero-order valence-electron chi connectivity index (χ0n) is 17.6. The molecule has 1 saturated heterocycles. The summed E-state index contributed by atoms with van der Waals surface area (Å²) in [6, 6.07) is 13.1. The number of nitrogens with zero attached hydrogens (tertiary/aromatic N) is 4. The molecule has 1 aliphatic heterocycles. The van der Waals surface area contributed by atoms with E-state index >= 15 is 0 Å². The molecule has 1 atom stereocenters. The average Bonchev–Trinajstić information content (AvgIpc) is 3.51. The lowest BCUT2D eigenvalue weighted by atomic mass is 9.90. The first kappa shape index (κ1) is 21.7. The fourth-order valence-corrected chi connectivity index (χ4v) is 5.48. The lowest BCUT2D eigenvalue weighted by Crippen LogP contribution is -2.42. The minimum Gasteiger partial charge on any atom is -0.343 e. The minimum atomic E-state index is -0.445. The van der Waals surface area contributed by atoms with E-state index in [1.807, 2.05) is 30.3 Å². The van der Waals surface area contributed by atoms with Gasteiger partial charge in [-0.25, -0.2) is 0 Å². The Labute approximate surface area is 200 Å². The second-order valence-corrected chi connectivity index (χ2v) is 9.66. The number of rotatable bonds is 5. The lowest BCUT2D eigenvalue weighted by Gasteiger charge is -2.19. The summed E-state index contributed by atoms with van der Waals surface area (Å²) in [6.07, 6.45) is 5.19. The molecule has 0 radical (unpaired) electrons. The van der Waals surface area contributed by atoms with E-state index in [-0.39, 0.29) is 23.8 Å². The summed E-state index contributed by atoms with van der Waals surface area (Å²) >= 11 is 7.55. The van der Waals surface area contributed by atoms with Crippen LogP contribution in [-0.2, 0) is 10.2 Å². The number of carbonyl (C=O) groups is 2. The Balaban J connectivity index is 1.40. The topological polar surface area (TPSA) is 99.0 Å². The molecule has 1 N–H and O–H groups in total. The van der Waals surface area contributed by atoms with Crippen LogP contribution in [0.3, 0.4) is 0 Å². The van der Waals surface area contributed by atoms with Crippen molar-refractivity contribution in [3.63, 3.8) is 0 Å². The molecule has 9 heteroatoms. The van der Waals surface area contributed by atoms with E-state index in [9.17, 15) is 14.9 Å².